The summed E-state index contributed by atoms with van der Waals surface area (Å²) in [5, 5.41) is 3.05. The number of nitrogens with one attached hydrogen (secondary N) is 2. The Balaban J connectivity index is 0.00000193. The van der Waals surface area contributed by atoms with Crippen LogP contribution in [0.4, 0.5) is 5.69 Å². The smallest absolute Gasteiger partial charge is 0.240 e. The number of rotatable bonds is 7. The molecule has 0 atom stereocenters. The van der Waals surface area contributed by atoms with Crippen molar-refractivity contribution in [2.75, 3.05) is 19.5 Å². The lowest BCUT2D eigenvalue weighted by Crippen LogP contribution is -2.28. The molecule has 1 saturated carbocycles. The predicted molar refractivity (Wildman–Crippen MR) is 125 cm³/mol. The Labute approximate surface area is 185 Å². The fraction of sp³-hybridized carbons (Fsp3) is 0.208. The molecule has 31 heavy (non-hydrogen) atoms. The van der Waals surface area contributed by atoms with Gasteiger partial charge in [-0.3, -0.25) is 4.79 Å². The Kier molecular flexibility index (Phi) is 5.56. The zero-order chi connectivity index (χ0) is 22.1. The third-order valence-electron chi connectivity index (χ3n) is 5.69. The third kappa shape index (κ3) is 4.06. The topological polar surface area (TPSA) is 84.5 Å². The van der Waals surface area contributed by atoms with E-state index in [1.54, 1.807) is 31.4 Å². The maximum Gasteiger partial charge on any atom is 0.240 e. The number of hydrogen-bond acceptors (Lipinski definition) is 4. The van der Waals surface area contributed by atoms with Gasteiger partial charge >= 0.3 is 0 Å². The minimum absolute atomic E-state index is 0. The van der Waals surface area contributed by atoms with Crippen LogP contribution < -0.4 is 14.8 Å². The number of anilines is 1. The van der Waals surface area contributed by atoms with E-state index in [0.717, 1.165) is 35.3 Å². The van der Waals surface area contributed by atoms with E-state index in [1.807, 2.05) is 48.5 Å². The average Bonchev–Trinajstić information content (AvgIpc) is 3.61. The lowest BCUT2D eigenvalue weighted by atomic mass is 9.93. The molecule has 164 valence electrons. The van der Waals surface area contributed by atoms with Gasteiger partial charge in [-0.25, -0.2) is 13.1 Å². The SMILES string of the molecule is CNS(=O)(=O)c1ccc(-c2cccc(NC(=O)C3(c4ccccc4OC)CC3)c2)cc1.[HH].[HH]. The van der Waals surface area contributed by atoms with E-state index in [1.165, 1.54) is 7.05 Å². The molecule has 0 spiro atoms. The zero-order valence-electron chi connectivity index (χ0n) is 17.4. The Bertz CT molecular complexity index is 1230. The largest absolute Gasteiger partial charge is 0.496 e. The molecule has 3 aromatic rings. The summed E-state index contributed by atoms with van der Waals surface area (Å²) in [6.07, 6.45) is 1.56. The van der Waals surface area contributed by atoms with Gasteiger partial charge in [-0.05, 0) is 61.3 Å². The Morgan fingerprint density at radius 3 is 2.32 bits per heavy atom. The van der Waals surface area contributed by atoms with Gasteiger partial charge in [-0.2, -0.15) is 0 Å². The van der Waals surface area contributed by atoms with Crippen molar-refractivity contribution in [3.63, 3.8) is 0 Å². The molecule has 2 N–H and O–H groups in total. The highest BCUT2D eigenvalue weighted by Crippen LogP contribution is 2.52. The second kappa shape index (κ2) is 8.17. The van der Waals surface area contributed by atoms with Crippen molar-refractivity contribution in [1.29, 1.82) is 0 Å². The Morgan fingerprint density at radius 1 is 0.968 bits per heavy atom. The third-order valence-corrected chi connectivity index (χ3v) is 7.12. The molecule has 1 aliphatic carbocycles. The summed E-state index contributed by atoms with van der Waals surface area (Å²) < 4.78 is 31.6. The number of para-hydroxylation sites is 1. The first-order valence-electron chi connectivity index (χ1n) is 9.99. The Hall–Kier alpha value is -3.16. The average molecular weight is 441 g/mol. The van der Waals surface area contributed by atoms with Crippen molar-refractivity contribution < 1.29 is 20.8 Å². The molecule has 0 heterocycles. The van der Waals surface area contributed by atoms with Gasteiger partial charge in [0.05, 0.1) is 17.4 Å². The number of carbonyl (C=O) groups excluding carboxylic acids is 1. The molecule has 1 aliphatic rings. The van der Waals surface area contributed by atoms with Gasteiger partial charge in [-0.15, -0.1) is 0 Å². The highest BCUT2D eigenvalue weighted by molar-refractivity contribution is 7.89. The highest BCUT2D eigenvalue weighted by Gasteiger charge is 2.52. The molecule has 0 aromatic heterocycles. The molecule has 0 unspecified atom stereocenters. The first kappa shape index (κ1) is 21.1. The van der Waals surface area contributed by atoms with Crippen LogP contribution in [0.1, 0.15) is 21.3 Å². The lowest BCUT2D eigenvalue weighted by Gasteiger charge is -2.19. The molecular weight excluding hydrogens is 412 g/mol. The van der Waals surface area contributed by atoms with E-state index in [2.05, 4.69) is 10.0 Å². The summed E-state index contributed by atoms with van der Waals surface area (Å²) in [6, 6.07) is 21.8. The van der Waals surface area contributed by atoms with Gasteiger partial charge in [0.2, 0.25) is 15.9 Å². The number of methoxy groups -OCH3 is 1. The van der Waals surface area contributed by atoms with Gasteiger partial charge in [0.1, 0.15) is 5.75 Å². The predicted octanol–water partition coefficient (Wildman–Crippen LogP) is 4.43. The fourth-order valence-corrected chi connectivity index (χ4v) is 4.49. The molecule has 4 rings (SSSR count). The molecule has 0 aliphatic heterocycles. The van der Waals surface area contributed by atoms with Crippen LogP contribution in [0.2, 0.25) is 0 Å². The maximum absolute atomic E-state index is 13.2. The van der Waals surface area contributed by atoms with Gasteiger partial charge in [-0.1, -0.05) is 42.5 Å². The number of hydrogen-bond donors (Lipinski definition) is 2. The van der Waals surface area contributed by atoms with Crippen LogP contribution in [0.25, 0.3) is 11.1 Å². The standard InChI is InChI=1S/C24H24N2O4S.2H2/c1-25-31(28,29)20-12-10-17(11-13-20)18-6-5-7-19(16-18)26-23(27)24(14-15-24)21-8-3-4-9-22(21)30-2;;/h3-13,16,25H,14-15H2,1-2H3,(H,26,27);2*1H. The molecule has 6 nitrogen and oxygen atoms in total. The minimum Gasteiger partial charge on any atom is -0.496 e. The van der Waals surface area contributed by atoms with Gasteiger partial charge in [0.25, 0.3) is 0 Å². The summed E-state index contributed by atoms with van der Waals surface area (Å²) in [7, 11) is -0.484. The van der Waals surface area contributed by atoms with Crippen LogP contribution in [0.5, 0.6) is 5.75 Å². The first-order chi connectivity index (χ1) is 14.9. The summed E-state index contributed by atoms with van der Waals surface area (Å²) >= 11 is 0. The number of carbonyl (C=O) groups is 1. The van der Waals surface area contributed by atoms with Crippen LogP contribution in [0, 0.1) is 0 Å². The van der Waals surface area contributed by atoms with E-state index in [-0.39, 0.29) is 13.7 Å². The quantitative estimate of drug-likeness (QED) is 0.569. The molecule has 0 radical (unpaired) electrons. The summed E-state index contributed by atoms with van der Waals surface area (Å²) in [6.45, 7) is 0. The summed E-state index contributed by atoms with van der Waals surface area (Å²) in [4.78, 5) is 13.4. The fourth-order valence-electron chi connectivity index (χ4n) is 3.76. The zero-order valence-corrected chi connectivity index (χ0v) is 18.2. The van der Waals surface area contributed by atoms with Crippen LogP contribution in [0.3, 0.4) is 0 Å². The van der Waals surface area contributed by atoms with Crippen molar-refractivity contribution in [3.8, 4) is 16.9 Å². The van der Waals surface area contributed by atoms with Gasteiger partial charge < -0.3 is 10.1 Å². The van der Waals surface area contributed by atoms with Crippen molar-refractivity contribution in [2.45, 2.75) is 23.2 Å². The van der Waals surface area contributed by atoms with Crippen molar-refractivity contribution in [2.24, 2.45) is 0 Å². The van der Waals surface area contributed by atoms with Gasteiger partial charge in [0, 0.05) is 14.1 Å². The van der Waals surface area contributed by atoms with E-state index in [9.17, 15) is 13.2 Å². The first-order valence-corrected chi connectivity index (χ1v) is 11.5. The molecule has 3 aromatic carbocycles. The van der Waals surface area contributed by atoms with E-state index < -0.39 is 15.4 Å². The summed E-state index contributed by atoms with van der Waals surface area (Å²) in [5.41, 5.74) is 2.78. The second-order valence-corrected chi connectivity index (χ2v) is 9.44. The number of sulfonamides is 1. The normalized spacial score (nSPS) is 14.6. The van der Waals surface area contributed by atoms with Crippen molar-refractivity contribution in [1.82, 2.24) is 4.72 Å². The van der Waals surface area contributed by atoms with E-state index >= 15 is 0 Å². The minimum atomic E-state index is -3.48. The monoisotopic (exact) mass is 440 g/mol. The number of ether oxygens (including phenoxy) is 1. The Morgan fingerprint density at radius 2 is 1.68 bits per heavy atom. The lowest BCUT2D eigenvalue weighted by molar-refractivity contribution is -0.118. The van der Waals surface area contributed by atoms with Crippen LogP contribution in [-0.2, 0) is 20.2 Å². The molecule has 7 heteroatoms. The van der Waals surface area contributed by atoms with E-state index in [4.69, 9.17) is 4.74 Å². The molecule has 0 bridgehead atoms. The molecule has 1 amide bonds. The molecular formula is C24H28N2O4S. The summed E-state index contributed by atoms with van der Waals surface area (Å²) in [5.74, 6) is 0.671. The highest BCUT2D eigenvalue weighted by atomic mass is 32.2. The van der Waals surface area contributed by atoms with Gasteiger partial charge in [0.15, 0.2) is 0 Å². The van der Waals surface area contributed by atoms with Crippen molar-refractivity contribution in [3.05, 3.63) is 78.4 Å². The van der Waals surface area contributed by atoms with Crippen LogP contribution >= 0.6 is 0 Å². The second-order valence-electron chi connectivity index (χ2n) is 7.55. The van der Waals surface area contributed by atoms with Crippen molar-refractivity contribution >= 4 is 21.6 Å². The number of benzene rings is 3. The number of amides is 1. The van der Waals surface area contributed by atoms with Crippen LogP contribution in [0.15, 0.2) is 77.7 Å². The maximum atomic E-state index is 13.2. The molecule has 1 fully saturated rings. The van der Waals surface area contributed by atoms with E-state index in [0.29, 0.717) is 5.69 Å². The van der Waals surface area contributed by atoms with Crippen LogP contribution in [-0.4, -0.2) is 28.5 Å². The molecule has 0 saturated heterocycles.